The maximum absolute atomic E-state index is 10.2. The summed E-state index contributed by atoms with van der Waals surface area (Å²) in [5.41, 5.74) is 0. The number of aldehydes is 1. The number of carboxylic acids is 1. The Morgan fingerprint density at radius 3 is 2.09 bits per heavy atom. The molecule has 0 spiro atoms. The van der Waals surface area contributed by atoms with Gasteiger partial charge in [0.15, 0.2) is 0 Å². The Hall–Kier alpha value is 0.140. The van der Waals surface area contributed by atoms with E-state index < -0.39 is 11.9 Å². The topological polar surface area (TPSA) is 57.2 Å². The van der Waals surface area contributed by atoms with Crippen LogP contribution in [-0.4, -0.2) is 12.3 Å². The molecule has 0 heterocycles. The standard InChI is InChI=1S/C7H12O3.Na/c1-5(2)6(4-8)3-7(9)10;/h4-6H,3H2,1-2H3,(H,9,10);/q;+1/p-1. The fourth-order valence-electron chi connectivity index (χ4n) is 0.633. The number of carbonyl (C=O) groups is 2. The molecular weight excluding hydrogens is 155 g/mol. The van der Waals surface area contributed by atoms with E-state index in [2.05, 4.69) is 0 Å². The third kappa shape index (κ3) is 6.53. The average molecular weight is 166 g/mol. The zero-order chi connectivity index (χ0) is 8.15. The molecule has 0 radical (unpaired) electrons. The van der Waals surface area contributed by atoms with E-state index in [1.807, 2.05) is 13.8 Å². The van der Waals surface area contributed by atoms with Gasteiger partial charge in [-0.3, -0.25) is 0 Å². The van der Waals surface area contributed by atoms with Crippen molar-refractivity contribution in [3.05, 3.63) is 0 Å². The minimum absolute atomic E-state index is 0. The number of carboxylic acid groups (broad SMARTS) is 1. The molecule has 3 nitrogen and oxygen atoms in total. The molecule has 0 bridgehead atoms. The molecule has 0 aliphatic heterocycles. The summed E-state index contributed by atoms with van der Waals surface area (Å²) in [5, 5.41) is 10.0. The minimum atomic E-state index is -1.16. The van der Waals surface area contributed by atoms with Gasteiger partial charge in [0.25, 0.3) is 0 Å². The van der Waals surface area contributed by atoms with Gasteiger partial charge in [0.1, 0.15) is 6.29 Å². The quantitative estimate of drug-likeness (QED) is 0.323. The maximum atomic E-state index is 10.2. The summed E-state index contributed by atoms with van der Waals surface area (Å²) in [6.45, 7) is 3.62. The fourth-order valence-corrected chi connectivity index (χ4v) is 0.633. The first-order valence-electron chi connectivity index (χ1n) is 3.23. The van der Waals surface area contributed by atoms with Gasteiger partial charge >= 0.3 is 29.6 Å². The zero-order valence-corrected chi connectivity index (χ0v) is 9.16. The van der Waals surface area contributed by atoms with Gasteiger partial charge in [-0.2, -0.15) is 0 Å². The van der Waals surface area contributed by atoms with E-state index in [1.165, 1.54) is 0 Å². The van der Waals surface area contributed by atoms with Gasteiger partial charge < -0.3 is 14.7 Å². The summed E-state index contributed by atoms with van der Waals surface area (Å²) in [7, 11) is 0. The van der Waals surface area contributed by atoms with Gasteiger partial charge in [0, 0.05) is 11.9 Å². The van der Waals surface area contributed by atoms with Crippen LogP contribution in [0.3, 0.4) is 0 Å². The van der Waals surface area contributed by atoms with E-state index in [0.717, 1.165) is 0 Å². The van der Waals surface area contributed by atoms with Gasteiger partial charge in [-0.05, 0) is 12.3 Å². The van der Waals surface area contributed by atoms with Gasteiger partial charge in [0.05, 0.1) is 0 Å². The molecule has 11 heavy (non-hydrogen) atoms. The summed E-state index contributed by atoms with van der Waals surface area (Å²) < 4.78 is 0. The Bertz CT molecular complexity index is 134. The first-order valence-corrected chi connectivity index (χ1v) is 3.23. The van der Waals surface area contributed by atoms with E-state index in [0.29, 0.717) is 6.29 Å². The second kappa shape index (κ2) is 6.83. The number of carbonyl (C=O) groups excluding carboxylic acids is 2. The first-order chi connectivity index (χ1) is 4.57. The molecule has 0 N–H and O–H groups in total. The molecule has 0 aliphatic carbocycles. The maximum Gasteiger partial charge on any atom is 1.00 e. The summed E-state index contributed by atoms with van der Waals surface area (Å²) >= 11 is 0. The van der Waals surface area contributed by atoms with Crippen molar-refractivity contribution in [3.8, 4) is 0 Å². The number of hydrogen-bond donors (Lipinski definition) is 0. The van der Waals surface area contributed by atoms with Crippen LogP contribution in [-0.2, 0) is 9.59 Å². The van der Waals surface area contributed by atoms with E-state index in [9.17, 15) is 14.7 Å². The minimum Gasteiger partial charge on any atom is -0.550 e. The number of aliphatic carboxylic acids is 1. The summed E-state index contributed by atoms with van der Waals surface area (Å²) in [6, 6.07) is 0. The second-order valence-corrected chi connectivity index (χ2v) is 2.62. The Balaban J connectivity index is 0. The first kappa shape index (κ1) is 13.7. The molecule has 4 heteroatoms. The summed E-state index contributed by atoms with van der Waals surface area (Å²) in [5.74, 6) is -1.48. The van der Waals surface area contributed by atoms with Crippen molar-refractivity contribution >= 4 is 12.3 Å². The fraction of sp³-hybridized carbons (Fsp3) is 0.714. The molecule has 0 saturated heterocycles. The zero-order valence-electron chi connectivity index (χ0n) is 7.16. The van der Waals surface area contributed by atoms with Crippen molar-refractivity contribution in [1.82, 2.24) is 0 Å². The predicted molar refractivity (Wildman–Crippen MR) is 34.0 cm³/mol. The molecule has 0 saturated carbocycles. The molecule has 0 fully saturated rings. The Labute approximate surface area is 88.5 Å². The van der Waals surface area contributed by atoms with Crippen LogP contribution in [0.2, 0.25) is 0 Å². The van der Waals surface area contributed by atoms with E-state index in [-0.39, 0.29) is 41.9 Å². The smallest absolute Gasteiger partial charge is 0.550 e. The Morgan fingerprint density at radius 1 is 1.55 bits per heavy atom. The van der Waals surface area contributed by atoms with Crippen LogP contribution in [0.15, 0.2) is 0 Å². The van der Waals surface area contributed by atoms with Crippen molar-refractivity contribution in [2.75, 3.05) is 0 Å². The summed E-state index contributed by atoms with van der Waals surface area (Å²) in [4.78, 5) is 20.2. The van der Waals surface area contributed by atoms with Crippen LogP contribution < -0.4 is 34.7 Å². The van der Waals surface area contributed by atoms with Crippen molar-refractivity contribution < 1.29 is 44.3 Å². The van der Waals surface area contributed by atoms with E-state index >= 15 is 0 Å². The van der Waals surface area contributed by atoms with Gasteiger partial charge in [-0.15, -0.1) is 0 Å². The molecule has 0 aromatic rings. The largest absolute Gasteiger partial charge is 1.00 e. The van der Waals surface area contributed by atoms with Gasteiger partial charge in [0.2, 0.25) is 0 Å². The molecule has 0 amide bonds. The third-order valence-electron chi connectivity index (χ3n) is 1.43. The monoisotopic (exact) mass is 166 g/mol. The Kier molecular flexibility index (Phi) is 8.51. The van der Waals surface area contributed by atoms with Crippen LogP contribution in [0.4, 0.5) is 0 Å². The SMILES string of the molecule is CC(C)C(C=O)CC(=O)[O-].[Na+]. The molecule has 1 unspecified atom stereocenters. The van der Waals surface area contributed by atoms with Crippen LogP contribution in [0.5, 0.6) is 0 Å². The molecule has 0 aliphatic rings. The van der Waals surface area contributed by atoms with Crippen molar-refractivity contribution in [1.29, 1.82) is 0 Å². The number of hydrogen-bond acceptors (Lipinski definition) is 3. The van der Waals surface area contributed by atoms with E-state index in [1.54, 1.807) is 0 Å². The third-order valence-corrected chi connectivity index (χ3v) is 1.43. The van der Waals surface area contributed by atoms with Gasteiger partial charge in [-0.1, -0.05) is 13.8 Å². The van der Waals surface area contributed by atoms with Crippen molar-refractivity contribution in [2.45, 2.75) is 20.3 Å². The van der Waals surface area contributed by atoms with Crippen molar-refractivity contribution in [2.24, 2.45) is 11.8 Å². The molecule has 58 valence electrons. The van der Waals surface area contributed by atoms with Crippen LogP contribution in [0.1, 0.15) is 20.3 Å². The number of rotatable bonds is 4. The predicted octanol–water partition coefficient (Wildman–Crippen LogP) is -3.40. The van der Waals surface area contributed by atoms with Crippen molar-refractivity contribution in [3.63, 3.8) is 0 Å². The van der Waals surface area contributed by atoms with Crippen LogP contribution >= 0.6 is 0 Å². The average Bonchev–Trinajstić information content (AvgIpc) is 1.81. The molecule has 0 rings (SSSR count). The molecular formula is C7H11NaO3. The Morgan fingerprint density at radius 2 is 2.00 bits per heavy atom. The van der Waals surface area contributed by atoms with Crippen LogP contribution in [0.25, 0.3) is 0 Å². The normalized spacial score (nSPS) is 11.9. The molecule has 0 aromatic heterocycles. The van der Waals surface area contributed by atoms with Crippen LogP contribution in [0, 0.1) is 11.8 Å². The molecule has 0 aromatic carbocycles. The summed E-state index contributed by atoms with van der Waals surface area (Å²) in [6.07, 6.45) is 0.502. The van der Waals surface area contributed by atoms with Gasteiger partial charge in [-0.25, -0.2) is 0 Å². The second-order valence-electron chi connectivity index (χ2n) is 2.62. The van der Waals surface area contributed by atoms with E-state index in [4.69, 9.17) is 0 Å². The molecule has 1 atom stereocenters.